The lowest BCUT2D eigenvalue weighted by Gasteiger charge is -2.32. The molecule has 1 atom stereocenters. The van der Waals surface area contributed by atoms with Crippen LogP contribution < -0.4 is 4.74 Å². The maximum Gasteiger partial charge on any atom is 0.174 e. The zero-order chi connectivity index (χ0) is 16.9. The lowest BCUT2D eigenvalue weighted by atomic mass is 9.94. The second-order valence-electron chi connectivity index (χ2n) is 6.25. The van der Waals surface area contributed by atoms with Gasteiger partial charge in [-0.05, 0) is 50.6 Å². The molecule has 1 aromatic heterocycles. The Morgan fingerprint density at radius 1 is 1.46 bits per heavy atom. The fourth-order valence-corrected chi connectivity index (χ4v) is 3.45. The minimum absolute atomic E-state index is 0.0454. The predicted molar refractivity (Wildman–Crippen MR) is 93.1 cm³/mol. The molecule has 0 aliphatic carbocycles. The van der Waals surface area contributed by atoms with Crippen LogP contribution in [0.1, 0.15) is 35.7 Å². The van der Waals surface area contributed by atoms with Crippen LogP contribution in [0.25, 0.3) is 0 Å². The lowest BCUT2D eigenvalue weighted by molar-refractivity contribution is 0.196. The molecular formula is C18H21ClN4O. The van der Waals surface area contributed by atoms with Crippen molar-refractivity contribution in [3.05, 3.63) is 46.2 Å². The third kappa shape index (κ3) is 4.08. The normalized spacial score (nSPS) is 18.3. The third-order valence-electron chi connectivity index (χ3n) is 4.36. The van der Waals surface area contributed by atoms with Gasteiger partial charge in [-0.3, -0.25) is 10.00 Å². The predicted octanol–water partition coefficient (Wildman–Crippen LogP) is 3.65. The first-order valence-electron chi connectivity index (χ1n) is 8.18. The van der Waals surface area contributed by atoms with Gasteiger partial charge in [0, 0.05) is 35.3 Å². The van der Waals surface area contributed by atoms with Gasteiger partial charge in [0.2, 0.25) is 0 Å². The van der Waals surface area contributed by atoms with Crippen molar-refractivity contribution in [1.82, 2.24) is 15.1 Å². The lowest BCUT2D eigenvalue weighted by Crippen LogP contribution is -2.34. The standard InChI is InChI=1S/C18H21ClN4O/c1-13-9-17(22-21-13)14-3-2-7-23(11-14)12-15-10-16(19)4-5-18(15)24-8-6-20/h4-5,9-10,14H,2-3,7-8,11-12H2,1H3,(H,21,22)/t14-/m1/s1. The number of nitriles is 1. The molecule has 0 radical (unpaired) electrons. The van der Waals surface area contributed by atoms with E-state index in [1.165, 1.54) is 0 Å². The SMILES string of the molecule is Cc1cc([C@@H]2CCCN(Cc3cc(Cl)ccc3OCC#N)C2)n[nH]1. The average molecular weight is 345 g/mol. The number of piperidine rings is 1. The Balaban J connectivity index is 1.71. The highest BCUT2D eigenvalue weighted by Gasteiger charge is 2.24. The molecule has 2 aromatic rings. The van der Waals surface area contributed by atoms with E-state index in [2.05, 4.69) is 21.2 Å². The van der Waals surface area contributed by atoms with Crippen LogP contribution in [0.4, 0.5) is 0 Å². The zero-order valence-corrected chi connectivity index (χ0v) is 14.5. The van der Waals surface area contributed by atoms with E-state index in [4.69, 9.17) is 21.6 Å². The van der Waals surface area contributed by atoms with Crippen LogP contribution in [-0.4, -0.2) is 34.8 Å². The summed E-state index contributed by atoms with van der Waals surface area (Å²) in [4.78, 5) is 2.41. The molecule has 1 aromatic carbocycles. The van der Waals surface area contributed by atoms with E-state index in [1.807, 2.05) is 25.1 Å². The summed E-state index contributed by atoms with van der Waals surface area (Å²) in [5.41, 5.74) is 3.27. The first-order valence-corrected chi connectivity index (χ1v) is 8.56. The highest BCUT2D eigenvalue weighted by Crippen LogP contribution is 2.29. The van der Waals surface area contributed by atoms with Gasteiger partial charge in [-0.25, -0.2) is 0 Å². The number of aromatic nitrogens is 2. The number of likely N-dealkylation sites (tertiary alicyclic amines) is 1. The number of hydrogen-bond donors (Lipinski definition) is 1. The summed E-state index contributed by atoms with van der Waals surface area (Å²) in [5.74, 6) is 1.19. The van der Waals surface area contributed by atoms with Crippen LogP contribution in [0, 0.1) is 18.3 Å². The molecule has 5 nitrogen and oxygen atoms in total. The molecule has 1 aliphatic rings. The number of aromatic amines is 1. The van der Waals surface area contributed by atoms with Crippen LogP contribution in [0.5, 0.6) is 5.75 Å². The Morgan fingerprint density at radius 3 is 3.08 bits per heavy atom. The quantitative estimate of drug-likeness (QED) is 0.899. The fraction of sp³-hybridized carbons (Fsp3) is 0.444. The number of hydrogen-bond acceptors (Lipinski definition) is 4. The summed E-state index contributed by atoms with van der Waals surface area (Å²) < 4.78 is 5.53. The van der Waals surface area contributed by atoms with Crippen LogP contribution in [0.15, 0.2) is 24.3 Å². The molecule has 2 heterocycles. The Kier molecular flexibility index (Phi) is 5.39. The molecule has 0 bridgehead atoms. The van der Waals surface area contributed by atoms with E-state index >= 15 is 0 Å². The molecule has 0 spiro atoms. The van der Waals surface area contributed by atoms with Crippen molar-refractivity contribution in [2.45, 2.75) is 32.2 Å². The van der Waals surface area contributed by atoms with E-state index in [0.29, 0.717) is 10.9 Å². The van der Waals surface area contributed by atoms with Crippen molar-refractivity contribution in [3.8, 4) is 11.8 Å². The summed E-state index contributed by atoms with van der Waals surface area (Å²) in [5, 5.41) is 16.9. The van der Waals surface area contributed by atoms with Gasteiger partial charge in [0.05, 0.1) is 5.69 Å². The Morgan fingerprint density at radius 2 is 2.33 bits per heavy atom. The number of nitrogens with one attached hydrogen (secondary N) is 1. The van der Waals surface area contributed by atoms with Gasteiger partial charge in [0.25, 0.3) is 0 Å². The molecule has 0 unspecified atom stereocenters. The minimum Gasteiger partial charge on any atom is -0.478 e. The second kappa shape index (κ2) is 7.69. The Labute approximate surface area is 147 Å². The second-order valence-corrected chi connectivity index (χ2v) is 6.69. The number of aryl methyl sites for hydroxylation is 1. The smallest absolute Gasteiger partial charge is 0.174 e. The average Bonchev–Trinajstić information content (AvgIpc) is 3.01. The number of benzene rings is 1. The Hall–Kier alpha value is -2.03. The molecule has 24 heavy (non-hydrogen) atoms. The van der Waals surface area contributed by atoms with Gasteiger partial charge in [0.15, 0.2) is 6.61 Å². The third-order valence-corrected chi connectivity index (χ3v) is 4.59. The number of nitrogens with zero attached hydrogens (tertiary/aromatic N) is 3. The fourth-order valence-electron chi connectivity index (χ4n) is 3.25. The summed E-state index contributed by atoms with van der Waals surface area (Å²) >= 11 is 6.14. The molecule has 1 N–H and O–H groups in total. The van der Waals surface area contributed by atoms with Crippen LogP contribution in [0.3, 0.4) is 0 Å². The molecule has 0 saturated carbocycles. The number of ether oxygens (including phenoxy) is 1. The molecule has 126 valence electrons. The molecule has 3 rings (SSSR count). The monoisotopic (exact) mass is 344 g/mol. The largest absolute Gasteiger partial charge is 0.478 e. The van der Waals surface area contributed by atoms with Gasteiger partial charge < -0.3 is 4.74 Å². The summed E-state index contributed by atoms with van der Waals surface area (Å²) in [6.07, 6.45) is 2.31. The zero-order valence-electron chi connectivity index (χ0n) is 13.8. The van der Waals surface area contributed by atoms with E-state index in [-0.39, 0.29) is 6.61 Å². The molecular weight excluding hydrogens is 324 g/mol. The summed E-state index contributed by atoms with van der Waals surface area (Å²) in [7, 11) is 0. The van der Waals surface area contributed by atoms with Crippen molar-refractivity contribution in [1.29, 1.82) is 5.26 Å². The van der Waals surface area contributed by atoms with E-state index in [9.17, 15) is 0 Å². The van der Waals surface area contributed by atoms with Crippen LogP contribution in [-0.2, 0) is 6.54 Å². The first kappa shape index (κ1) is 16.8. The molecule has 1 aliphatic heterocycles. The number of rotatable bonds is 5. The van der Waals surface area contributed by atoms with Crippen molar-refractivity contribution >= 4 is 11.6 Å². The molecule has 0 amide bonds. The molecule has 6 heteroatoms. The highest BCUT2D eigenvalue weighted by atomic mass is 35.5. The van der Waals surface area contributed by atoms with Crippen LogP contribution >= 0.6 is 11.6 Å². The highest BCUT2D eigenvalue weighted by molar-refractivity contribution is 6.30. The van der Waals surface area contributed by atoms with Gasteiger partial charge >= 0.3 is 0 Å². The van der Waals surface area contributed by atoms with Crippen molar-refractivity contribution < 1.29 is 4.74 Å². The van der Waals surface area contributed by atoms with Gasteiger partial charge in [0.1, 0.15) is 11.8 Å². The summed E-state index contributed by atoms with van der Waals surface area (Å²) in [6.45, 7) is 4.85. The van der Waals surface area contributed by atoms with Gasteiger partial charge in [-0.1, -0.05) is 11.6 Å². The first-order chi connectivity index (χ1) is 11.7. The molecule has 1 saturated heterocycles. The van der Waals surface area contributed by atoms with Crippen molar-refractivity contribution in [2.75, 3.05) is 19.7 Å². The topological polar surface area (TPSA) is 64.9 Å². The van der Waals surface area contributed by atoms with Crippen LogP contribution in [0.2, 0.25) is 5.02 Å². The van der Waals surface area contributed by atoms with Gasteiger partial charge in [-0.2, -0.15) is 10.4 Å². The van der Waals surface area contributed by atoms with Gasteiger partial charge in [-0.15, -0.1) is 0 Å². The maximum absolute atomic E-state index is 8.74. The van der Waals surface area contributed by atoms with E-state index in [1.54, 1.807) is 6.07 Å². The van der Waals surface area contributed by atoms with Crippen molar-refractivity contribution in [2.24, 2.45) is 0 Å². The van der Waals surface area contributed by atoms with E-state index in [0.717, 1.165) is 55.2 Å². The van der Waals surface area contributed by atoms with E-state index < -0.39 is 0 Å². The minimum atomic E-state index is 0.0454. The maximum atomic E-state index is 8.74. The molecule has 1 fully saturated rings. The van der Waals surface area contributed by atoms with Crippen molar-refractivity contribution in [3.63, 3.8) is 0 Å². The summed E-state index contributed by atoms with van der Waals surface area (Å²) in [6, 6.07) is 9.71. The number of halogens is 1. The Bertz CT molecular complexity index is 737. The number of H-pyrrole nitrogens is 1.